The van der Waals surface area contributed by atoms with E-state index in [0.717, 1.165) is 10.9 Å². The highest BCUT2D eigenvalue weighted by molar-refractivity contribution is 7.60. The van der Waals surface area contributed by atoms with Gasteiger partial charge in [0.15, 0.2) is 5.44 Å². The molecule has 2 N–H and O–H groups in total. The maximum atomic E-state index is 11.1. The Labute approximate surface area is 86.7 Å². The molecule has 1 aromatic heterocycles. The molecule has 0 atom stereocenters. The normalized spacial score (nSPS) is 11.9. The third-order valence-corrected chi connectivity index (χ3v) is 3.03. The van der Waals surface area contributed by atoms with E-state index in [0.29, 0.717) is 5.52 Å². The first-order valence-electron chi connectivity index (χ1n) is 4.41. The molecule has 0 aliphatic carbocycles. The summed E-state index contributed by atoms with van der Waals surface area (Å²) in [5.41, 5.74) is 1.26. The van der Waals surface area contributed by atoms with E-state index in [2.05, 4.69) is 4.98 Å². The third-order valence-electron chi connectivity index (χ3n) is 2.21. The molecule has 0 aliphatic rings. The standard InChI is InChI=1S/C10H10NO3P/c1-7-6-10(15(12,13)14)11-9-5-3-2-4-8(7)9/h2-6H,1H3,(H2,12,13,14). The maximum absolute atomic E-state index is 11.1. The lowest BCUT2D eigenvalue weighted by Crippen LogP contribution is -2.09. The first kappa shape index (κ1) is 10.3. The monoisotopic (exact) mass is 223 g/mol. The number of hydrogen-bond donors (Lipinski definition) is 2. The van der Waals surface area contributed by atoms with E-state index in [9.17, 15) is 4.57 Å². The van der Waals surface area contributed by atoms with Gasteiger partial charge in [0.1, 0.15) is 0 Å². The van der Waals surface area contributed by atoms with Gasteiger partial charge in [-0.25, -0.2) is 4.98 Å². The van der Waals surface area contributed by atoms with Gasteiger partial charge in [-0.1, -0.05) is 18.2 Å². The predicted octanol–water partition coefficient (Wildman–Crippen LogP) is 1.35. The van der Waals surface area contributed by atoms with Gasteiger partial charge in [-0.2, -0.15) is 0 Å². The summed E-state index contributed by atoms with van der Waals surface area (Å²) in [7, 11) is -4.26. The Morgan fingerprint density at radius 3 is 2.60 bits per heavy atom. The van der Waals surface area contributed by atoms with Crippen LogP contribution >= 0.6 is 7.60 Å². The van der Waals surface area contributed by atoms with Gasteiger partial charge in [0.25, 0.3) is 0 Å². The Hall–Kier alpha value is -1.22. The average Bonchev–Trinajstić information content (AvgIpc) is 2.16. The van der Waals surface area contributed by atoms with Crippen molar-refractivity contribution in [2.24, 2.45) is 0 Å². The smallest absolute Gasteiger partial charge is 0.320 e. The molecule has 0 unspecified atom stereocenters. The first-order chi connectivity index (χ1) is 6.98. The Morgan fingerprint density at radius 2 is 1.93 bits per heavy atom. The summed E-state index contributed by atoms with van der Waals surface area (Å²) in [5, 5.41) is 0.912. The molecule has 0 radical (unpaired) electrons. The van der Waals surface area contributed by atoms with E-state index in [1.165, 1.54) is 6.07 Å². The highest BCUT2D eigenvalue weighted by atomic mass is 31.2. The van der Waals surface area contributed by atoms with Crippen molar-refractivity contribution in [1.82, 2.24) is 4.98 Å². The second kappa shape index (κ2) is 3.42. The van der Waals surface area contributed by atoms with Crippen LogP contribution in [0.1, 0.15) is 5.56 Å². The number of benzene rings is 1. The molecule has 1 aromatic carbocycles. The van der Waals surface area contributed by atoms with Crippen LogP contribution in [0.5, 0.6) is 0 Å². The highest BCUT2D eigenvalue weighted by Crippen LogP contribution is 2.33. The zero-order valence-corrected chi connectivity index (χ0v) is 8.98. The van der Waals surface area contributed by atoms with Crippen molar-refractivity contribution in [2.45, 2.75) is 6.92 Å². The fourth-order valence-electron chi connectivity index (χ4n) is 1.48. The maximum Gasteiger partial charge on any atom is 0.374 e. The number of aromatic nitrogens is 1. The molecule has 0 aliphatic heterocycles. The highest BCUT2D eigenvalue weighted by Gasteiger charge is 2.19. The van der Waals surface area contributed by atoms with Gasteiger partial charge in [0, 0.05) is 5.39 Å². The molecular weight excluding hydrogens is 213 g/mol. The number of pyridine rings is 1. The molecule has 0 saturated carbocycles. The number of para-hydroxylation sites is 1. The van der Waals surface area contributed by atoms with Crippen molar-refractivity contribution < 1.29 is 14.4 Å². The number of hydrogen-bond acceptors (Lipinski definition) is 2. The summed E-state index contributed by atoms with van der Waals surface area (Å²) >= 11 is 0. The lowest BCUT2D eigenvalue weighted by molar-refractivity contribution is 0.386. The van der Waals surface area contributed by atoms with Crippen molar-refractivity contribution in [1.29, 1.82) is 0 Å². The summed E-state index contributed by atoms with van der Waals surface area (Å²) in [4.78, 5) is 22.0. The first-order valence-corrected chi connectivity index (χ1v) is 6.02. The average molecular weight is 223 g/mol. The van der Waals surface area contributed by atoms with Crippen LogP contribution in [-0.2, 0) is 4.57 Å². The van der Waals surface area contributed by atoms with Gasteiger partial charge in [0.05, 0.1) is 5.52 Å². The second-order valence-electron chi connectivity index (χ2n) is 3.36. The third kappa shape index (κ3) is 1.92. The molecule has 0 amide bonds. The summed E-state index contributed by atoms with van der Waals surface area (Å²) in [6.07, 6.45) is 0. The van der Waals surface area contributed by atoms with E-state index < -0.39 is 7.60 Å². The Morgan fingerprint density at radius 1 is 1.27 bits per heavy atom. The van der Waals surface area contributed by atoms with Crippen molar-refractivity contribution in [2.75, 3.05) is 0 Å². The Bertz CT molecular complexity index is 562. The molecule has 2 rings (SSSR count). The van der Waals surface area contributed by atoms with Crippen LogP contribution in [0, 0.1) is 6.92 Å². The minimum Gasteiger partial charge on any atom is -0.320 e. The SMILES string of the molecule is Cc1cc(P(=O)(O)O)nc2ccccc12. The van der Waals surface area contributed by atoms with Crippen molar-refractivity contribution >= 4 is 23.9 Å². The van der Waals surface area contributed by atoms with Gasteiger partial charge in [-0.05, 0) is 24.6 Å². The molecule has 0 spiro atoms. The van der Waals surface area contributed by atoms with Gasteiger partial charge < -0.3 is 9.79 Å². The zero-order valence-electron chi connectivity index (χ0n) is 8.08. The van der Waals surface area contributed by atoms with Crippen LogP contribution in [0.4, 0.5) is 0 Å². The van der Waals surface area contributed by atoms with Crippen LogP contribution in [0.15, 0.2) is 30.3 Å². The number of aryl methyl sites for hydroxylation is 1. The van der Waals surface area contributed by atoms with Crippen LogP contribution in [0.3, 0.4) is 0 Å². The van der Waals surface area contributed by atoms with E-state index in [4.69, 9.17) is 9.79 Å². The molecule has 2 aromatic rings. The lowest BCUT2D eigenvalue weighted by Gasteiger charge is -2.07. The van der Waals surface area contributed by atoms with E-state index in [1.54, 1.807) is 12.1 Å². The summed E-state index contributed by atoms with van der Waals surface area (Å²) < 4.78 is 11.1. The van der Waals surface area contributed by atoms with Crippen LogP contribution < -0.4 is 5.44 Å². The summed E-state index contributed by atoms with van der Waals surface area (Å²) in [6, 6.07) is 8.71. The number of fused-ring (bicyclic) bond motifs is 1. The van der Waals surface area contributed by atoms with Gasteiger partial charge >= 0.3 is 7.60 Å². The largest absolute Gasteiger partial charge is 0.374 e. The molecule has 0 bridgehead atoms. The molecule has 1 heterocycles. The number of rotatable bonds is 1. The van der Waals surface area contributed by atoms with Crippen molar-refractivity contribution in [3.8, 4) is 0 Å². The summed E-state index contributed by atoms with van der Waals surface area (Å²) in [5.74, 6) is 0. The molecule has 0 saturated heterocycles. The zero-order chi connectivity index (χ0) is 11.1. The minimum absolute atomic E-state index is 0.168. The minimum atomic E-state index is -4.26. The van der Waals surface area contributed by atoms with Gasteiger partial charge in [-0.15, -0.1) is 0 Å². The lowest BCUT2D eigenvalue weighted by atomic mass is 10.1. The Kier molecular flexibility index (Phi) is 2.35. The molecule has 15 heavy (non-hydrogen) atoms. The fraction of sp³-hybridized carbons (Fsp3) is 0.100. The van der Waals surface area contributed by atoms with Crippen molar-refractivity contribution in [3.63, 3.8) is 0 Å². The quantitative estimate of drug-likeness (QED) is 0.716. The molecule has 5 heteroatoms. The van der Waals surface area contributed by atoms with Gasteiger partial charge in [-0.3, -0.25) is 4.57 Å². The van der Waals surface area contributed by atoms with Crippen LogP contribution in [-0.4, -0.2) is 14.8 Å². The molecule has 78 valence electrons. The van der Waals surface area contributed by atoms with E-state index in [1.807, 2.05) is 19.1 Å². The predicted molar refractivity (Wildman–Crippen MR) is 58.2 cm³/mol. The molecular formula is C10H10NO3P. The van der Waals surface area contributed by atoms with Crippen LogP contribution in [0.2, 0.25) is 0 Å². The summed E-state index contributed by atoms with van der Waals surface area (Å²) in [6.45, 7) is 1.81. The molecule has 4 nitrogen and oxygen atoms in total. The van der Waals surface area contributed by atoms with E-state index >= 15 is 0 Å². The Balaban J connectivity index is 2.79. The molecule has 0 fully saturated rings. The van der Waals surface area contributed by atoms with Gasteiger partial charge in [0.2, 0.25) is 0 Å². The van der Waals surface area contributed by atoms with Crippen molar-refractivity contribution in [3.05, 3.63) is 35.9 Å². The topological polar surface area (TPSA) is 70.4 Å². The van der Waals surface area contributed by atoms with E-state index in [-0.39, 0.29) is 5.44 Å². The second-order valence-corrected chi connectivity index (χ2v) is 4.90. The van der Waals surface area contributed by atoms with Crippen LogP contribution in [0.25, 0.3) is 10.9 Å². The fourth-order valence-corrected chi connectivity index (χ4v) is 2.08. The number of nitrogens with zero attached hydrogens (tertiary/aromatic N) is 1.